The van der Waals surface area contributed by atoms with E-state index in [1.165, 1.54) is 0 Å². The summed E-state index contributed by atoms with van der Waals surface area (Å²) < 4.78 is 0. The Bertz CT molecular complexity index is 390. The first-order valence-corrected chi connectivity index (χ1v) is 6.98. The quantitative estimate of drug-likeness (QED) is 0.530. The molecule has 126 valence electrons. The Kier molecular flexibility index (Phi) is 8.14. The van der Waals surface area contributed by atoms with Crippen molar-refractivity contribution >= 4 is 23.7 Å². The lowest BCUT2D eigenvalue weighted by Gasteiger charge is -2.22. The first-order chi connectivity index (χ1) is 10.1. The fourth-order valence-corrected chi connectivity index (χ4v) is 1.75. The Hall–Kier alpha value is -2.12. The number of amides is 2. The molecule has 0 radical (unpaired) electrons. The SMILES string of the molecule is CN(C)C(=NC(=O)CCC(=O)N=C(N(C)C)N(C)C)N(C)C. The number of hydrogen-bond acceptors (Lipinski definition) is 2. The molecular formula is C14H28N6O2. The van der Waals surface area contributed by atoms with Crippen LogP contribution in [0, 0.1) is 0 Å². The smallest absolute Gasteiger partial charge is 0.249 e. The average Bonchev–Trinajstić information content (AvgIpc) is 2.38. The van der Waals surface area contributed by atoms with E-state index in [1.54, 1.807) is 19.6 Å². The second-order valence-corrected chi connectivity index (χ2v) is 5.69. The molecule has 0 N–H and O–H groups in total. The molecule has 0 unspecified atom stereocenters. The van der Waals surface area contributed by atoms with Gasteiger partial charge in [-0.25, -0.2) is 0 Å². The predicted molar refractivity (Wildman–Crippen MR) is 88.9 cm³/mol. The molecular weight excluding hydrogens is 284 g/mol. The Labute approximate surface area is 133 Å². The van der Waals surface area contributed by atoms with Gasteiger partial charge in [-0.2, -0.15) is 9.98 Å². The molecule has 0 spiro atoms. The molecule has 8 heteroatoms. The lowest BCUT2D eigenvalue weighted by atomic mass is 10.3. The zero-order chi connectivity index (χ0) is 17.4. The number of carbonyl (C=O) groups excluding carboxylic acids is 2. The summed E-state index contributed by atoms with van der Waals surface area (Å²) in [5.74, 6) is 0.417. The minimum atomic E-state index is -0.336. The van der Waals surface area contributed by atoms with E-state index >= 15 is 0 Å². The second kappa shape index (κ2) is 9.01. The number of carbonyl (C=O) groups is 2. The van der Waals surface area contributed by atoms with E-state index in [-0.39, 0.29) is 24.7 Å². The van der Waals surface area contributed by atoms with Gasteiger partial charge in [0.25, 0.3) is 0 Å². The Morgan fingerprint density at radius 3 is 1.00 bits per heavy atom. The summed E-state index contributed by atoms with van der Waals surface area (Å²) in [6.07, 6.45) is 0.0866. The molecule has 0 rings (SSSR count). The molecule has 8 nitrogen and oxygen atoms in total. The molecule has 2 amide bonds. The predicted octanol–water partition coefficient (Wildman–Crippen LogP) is -0.222. The van der Waals surface area contributed by atoms with E-state index in [2.05, 4.69) is 9.98 Å². The molecule has 0 fully saturated rings. The highest BCUT2D eigenvalue weighted by molar-refractivity contribution is 5.96. The highest BCUT2D eigenvalue weighted by Gasteiger charge is 2.12. The fraction of sp³-hybridized carbons (Fsp3) is 0.714. The Morgan fingerprint density at radius 2 is 0.818 bits per heavy atom. The fourth-order valence-electron chi connectivity index (χ4n) is 1.75. The van der Waals surface area contributed by atoms with Crippen LogP contribution in [0.15, 0.2) is 9.98 Å². The molecule has 0 aromatic carbocycles. The van der Waals surface area contributed by atoms with Crippen molar-refractivity contribution in [2.24, 2.45) is 9.98 Å². The van der Waals surface area contributed by atoms with Crippen molar-refractivity contribution in [2.45, 2.75) is 12.8 Å². The van der Waals surface area contributed by atoms with Crippen molar-refractivity contribution in [3.8, 4) is 0 Å². The average molecular weight is 312 g/mol. The normalized spacial score (nSPS) is 9.64. The second-order valence-electron chi connectivity index (χ2n) is 5.69. The number of guanidine groups is 2. The zero-order valence-corrected chi connectivity index (χ0v) is 14.9. The molecule has 22 heavy (non-hydrogen) atoms. The van der Waals surface area contributed by atoms with E-state index in [4.69, 9.17) is 0 Å². The van der Waals surface area contributed by atoms with Crippen molar-refractivity contribution < 1.29 is 9.59 Å². The standard InChI is InChI=1S/C14H28N6O2/c1-17(2)13(18(3)4)15-11(21)9-10-12(22)16-14(19(5)6)20(7)8/h9-10H2,1-8H3. The minimum Gasteiger partial charge on any atom is -0.349 e. The van der Waals surface area contributed by atoms with Crippen molar-refractivity contribution in [1.82, 2.24) is 19.6 Å². The molecule has 0 bridgehead atoms. The van der Waals surface area contributed by atoms with Gasteiger partial charge in [0.05, 0.1) is 0 Å². The van der Waals surface area contributed by atoms with Crippen LogP contribution in [0.1, 0.15) is 12.8 Å². The molecule has 0 aliphatic carbocycles. The summed E-state index contributed by atoms with van der Waals surface area (Å²) in [4.78, 5) is 38.7. The minimum absolute atomic E-state index is 0.0433. The van der Waals surface area contributed by atoms with Gasteiger partial charge in [0.1, 0.15) is 0 Å². The van der Waals surface area contributed by atoms with Crippen LogP contribution in [0.5, 0.6) is 0 Å². The van der Waals surface area contributed by atoms with Crippen molar-refractivity contribution in [2.75, 3.05) is 56.4 Å². The van der Waals surface area contributed by atoms with Crippen molar-refractivity contribution in [1.29, 1.82) is 0 Å². The van der Waals surface area contributed by atoms with Crippen LogP contribution < -0.4 is 0 Å². The Morgan fingerprint density at radius 1 is 0.591 bits per heavy atom. The summed E-state index contributed by atoms with van der Waals surface area (Å²) in [6.45, 7) is 0. The number of nitrogens with zero attached hydrogens (tertiary/aromatic N) is 6. The van der Waals surface area contributed by atoms with Crippen molar-refractivity contribution in [3.05, 3.63) is 0 Å². The van der Waals surface area contributed by atoms with Crippen LogP contribution in [-0.4, -0.2) is 99.7 Å². The van der Waals surface area contributed by atoms with Crippen LogP contribution >= 0.6 is 0 Å². The topological polar surface area (TPSA) is 71.8 Å². The van der Waals surface area contributed by atoms with Gasteiger partial charge in [0.15, 0.2) is 0 Å². The van der Waals surface area contributed by atoms with Gasteiger partial charge in [-0.05, 0) is 0 Å². The van der Waals surface area contributed by atoms with Gasteiger partial charge < -0.3 is 19.6 Å². The zero-order valence-electron chi connectivity index (χ0n) is 14.9. The van der Waals surface area contributed by atoms with Crippen molar-refractivity contribution in [3.63, 3.8) is 0 Å². The lowest BCUT2D eigenvalue weighted by Crippen LogP contribution is -2.36. The van der Waals surface area contributed by atoms with Gasteiger partial charge in [-0.15, -0.1) is 0 Å². The molecule has 0 heterocycles. The largest absolute Gasteiger partial charge is 0.349 e. The third-order valence-electron chi connectivity index (χ3n) is 2.60. The van der Waals surface area contributed by atoms with E-state index in [0.717, 1.165) is 0 Å². The van der Waals surface area contributed by atoms with Crippen LogP contribution in [-0.2, 0) is 9.59 Å². The lowest BCUT2D eigenvalue weighted by molar-refractivity contribution is -0.123. The molecule has 0 atom stereocenters. The molecule has 0 aliphatic rings. The first kappa shape index (κ1) is 19.9. The maximum absolute atomic E-state index is 11.9. The molecule has 0 saturated carbocycles. The number of rotatable bonds is 3. The van der Waals surface area contributed by atoms with Crippen LogP contribution in [0.3, 0.4) is 0 Å². The first-order valence-electron chi connectivity index (χ1n) is 6.98. The maximum atomic E-state index is 11.9. The van der Waals surface area contributed by atoms with E-state index in [9.17, 15) is 9.59 Å². The van der Waals surface area contributed by atoms with Crippen LogP contribution in [0.4, 0.5) is 0 Å². The summed E-state index contributed by atoms with van der Waals surface area (Å²) in [5.41, 5.74) is 0. The maximum Gasteiger partial charge on any atom is 0.249 e. The molecule has 0 aliphatic heterocycles. The molecule has 0 aromatic rings. The summed E-state index contributed by atoms with van der Waals surface area (Å²) in [7, 11) is 14.5. The van der Waals surface area contributed by atoms with Gasteiger partial charge in [0, 0.05) is 69.2 Å². The third-order valence-corrected chi connectivity index (χ3v) is 2.60. The molecule has 0 aromatic heterocycles. The van der Waals surface area contributed by atoms with Crippen LogP contribution in [0.2, 0.25) is 0 Å². The summed E-state index contributed by atoms with van der Waals surface area (Å²) in [6, 6.07) is 0. The van der Waals surface area contributed by atoms with Crippen LogP contribution in [0.25, 0.3) is 0 Å². The Balaban J connectivity index is 4.75. The van der Waals surface area contributed by atoms with Gasteiger partial charge in [0.2, 0.25) is 23.7 Å². The summed E-state index contributed by atoms with van der Waals surface area (Å²) in [5, 5.41) is 0. The number of hydrogen-bond donors (Lipinski definition) is 0. The summed E-state index contributed by atoms with van der Waals surface area (Å²) >= 11 is 0. The molecule has 0 saturated heterocycles. The van der Waals surface area contributed by atoms with Gasteiger partial charge >= 0.3 is 0 Å². The third kappa shape index (κ3) is 7.05. The number of aliphatic imine (C=N–C) groups is 2. The van der Waals surface area contributed by atoms with E-state index in [1.807, 2.05) is 56.4 Å². The van der Waals surface area contributed by atoms with E-state index in [0.29, 0.717) is 11.9 Å². The highest BCUT2D eigenvalue weighted by Crippen LogP contribution is 2.00. The monoisotopic (exact) mass is 312 g/mol. The van der Waals surface area contributed by atoms with E-state index < -0.39 is 0 Å². The van der Waals surface area contributed by atoms with Gasteiger partial charge in [-0.1, -0.05) is 0 Å². The van der Waals surface area contributed by atoms with Gasteiger partial charge in [-0.3, -0.25) is 9.59 Å². The highest BCUT2D eigenvalue weighted by atomic mass is 16.2.